The molecule has 0 spiro atoms. The molecule has 0 bridgehead atoms. The molecule has 0 amide bonds. The number of hydrogen-bond acceptors (Lipinski definition) is 5. The standard InChI is InChI=1S/C10H11N3OS/c1-6-4-3-5-8(11)9(6)14-10-13-12-7(2)15-10/h3-5H,11H2,1-2H3. The summed E-state index contributed by atoms with van der Waals surface area (Å²) < 4.78 is 5.58. The molecule has 0 unspecified atom stereocenters. The second kappa shape index (κ2) is 3.86. The van der Waals surface area contributed by atoms with Gasteiger partial charge in [-0.3, -0.25) is 0 Å². The van der Waals surface area contributed by atoms with E-state index in [2.05, 4.69) is 10.2 Å². The largest absolute Gasteiger partial charge is 0.427 e. The Morgan fingerprint density at radius 1 is 1.27 bits per heavy atom. The molecule has 15 heavy (non-hydrogen) atoms. The maximum atomic E-state index is 5.81. The molecule has 0 aliphatic carbocycles. The predicted molar refractivity (Wildman–Crippen MR) is 60.3 cm³/mol. The average Bonchev–Trinajstić information content (AvgIpc) is 2.58. The zero-order chi connectivity index (χ0) is 10.8. The second-order valence-corrected chi connectivity index (χ2v) is 4.33. The summed E-state index contributed by atoms with van der Waals surface area (Å²) in [5.41, 5.74) is 7.41. The fraction of sp³-hybridized carbons (Fsp3) is 0.200. The van der Waals surface area contributed by atoms with Crippen molar-refractivity contribution in [3.05, 3.63) is 28.8 Å². The summed E-state index contributed by atoms with van der Waals surface area (Å²) in [5.74, 6) is 0.661. The van der Waals surface area contributed by atoms with Crippen LogP contribution >= 0.6 is 11.3 Å². The Labute approximate surface area is 91.7 Å². The van der Waals surface area contributed by atoms with Crippen molar-refractivity contribution in [1.29, 1.82) is 0 Å². The van der Waals surface area contributed by atoms with Gasteiger partial charge in [0.05, 0.1) is 5.69 Å². The van der Waals surface area contributed by atoms with Crippen molar-refractivity contribution in [2.45, 2.75) is 13.8 Å². The minimum Gasteiger partial charge on any atom is -0.427 e. The van der Waals surface area contributed by atoms with Crippen molar-refractivity contribution in [2.75, 3.05) is 5.73 Å². The van der Waals surface area contributed by atoms with Crippen LogP contribution in [0.1, 0.15) is 10.6 Å². The molecular weight excluding hydrogens is 210 g/mol. The molecule has 1 aromatic carbocycles. The first kappa shape index (κ1) is 9.92. The van der Waals surface area contributed by atoms with E-state index in [9.17, 15) is 0 Å². The summed E-state index contributed by atoms with van der Waals surface area (Å²) in [6.45, 7) is 3.82. The second-order valence-electron chi connectivity index (χ2n) is 3.18. The van der Waals surface area contributed by atoms with Gasteiger partial charge in [-0.2, -0.15) is 0 Å². The number of aryl methyl sites for hydroxylation is 2. The van der Waals surface area contributed by atoms with Gasteiger partial charge >= 0.3 is 0 Å². The Bertz CT molecular complexity index is 461. The van der Waals surface area contributed by atoms with E-state index in [1.54, 1.807) is 6.07 Å². The number of ether oxygens (including phenoxy) is 1. The van der Waals surface area contributed by atoms with Crippen LogP contribution in [0.15, 0.2) is 18.2 Å². The minimum absolute atomic E-state index is 0.522. The van der Waals surface area contributed by atoms with Crippen molar-refractivity contribution < 1.29 is 4.74 Å². The van der Waals surface area contributed by atoms with E-state index in [1.807, 2.05) is 26.0 Å². The van der Waals surface area contributed by atoms with E-state index in [0.29, 0.717) is 16.6 Å². The Balaban J connectivity index is 2.31. The van der Waals surface area contributed by atoms with Gasteiger partial charge in [0, 0.05) is 0 Å². The summed E-state index contributed by atoms with van der Waals surface area (Å²) in [6, 6.07) is 5.64. The van der Waals surface area contributed by atoms with Gasteiger partial charge in [0.2, 0.25) is 0 Å². The number of nitrogens with zero attached hydrogens (tertiary/aromatic N) is 2. The fourth-order valence-corrected chi connectivity index (χ4v) is 1.76. The predicted octanol–water partition coefficient (Wildman–Crippen LogP) is 2.53. The lowest BCUT2D eigenvalue weighted by atomic mass is 10.2. The van der Waals surface area contributed by atoms with Crippen molar-refractivity contribution in [1.82, 2.24) is 10.2 Å². The topological polar surface area (TPSA) is 61.0 Å². The Hall–Kier alpha value is -1.62. The number of nitrogens with two attached hydrogens (primary N) is 1. The van der Waals surface area contributed by atoms with E-state index in [4.69, 9.17) is 10.5 Å². The summed E-state index contributed by atoms with van der Waals surface area (Å²) >= 11 is 1.40. The lowest BCUT2D eigenvalue weighted by Crippen LogP contribution is -1.93. The molecule has 0 aliphatic heterocycles. The number of anilines is 1. The third-order valence-electron chi connectivity index (χ3n) is 1.94. The molecule has 2 N–H and O–H groups in total. The molecule has 2 aromatic rings. The number of hydrogen-bond donors (Lipinski definition) is 1. The monoisotopic (exact) mass is 221 g/mol. The third kappa shape index (κ3) is 2.07. The van der Waals surface area contributed by atoms with Gasteiger partial charge in [-0.1, -0.05) is 28.6 Å². The zero-order valence-electron chi connectivity index (χ0n) is 8.52. The van der Waals surface area contributed by atoms with E-state index in [0.717, 1.165) is 10.6 Å². The van der Waals surface area contributed by atoms with Crippen LogP contribution in [0.5, 0.6) is 10.9 Å². The fourth-order valence-electron chi connectivity index (χ4n) is 1.22. The van der Waals surface area contributed by atoms with Crippen LogP contribution in [0.3, 0.4) is 0 Å². The molecule has 0 saturated carbocycles. The maximum absolute atomic E-state index is 5.81. The van der Waals surface area contributed by atoms with E-state index in [-0.39, 0.29) is 0 Å². The van der Waals surface area contributed by atoms with Crippen LogP contribution in [0.4, 0.5) is 5.69 Å². The van der Waals surface area contributed by atoms with Crippen molar-refractivity contribution in [3.63, 3.8) is 0 Å². The Morgan fingerprint density at radius 2 is 2.07 bits per heavy atom. The Morgan fingerprint density at radius 3 is 2.67 bits per heavy atom. The highest BCUT2D eigenvalue weighted by Crippen LogP contribution is 2.31. The number of benzene rings is 1. The zero-order valence-corrected chi connectivity index (χ0v) is 9.34. The van der Waals surface area contributed by atoms with Gasteiger partial charge in [0.25, 0.3) is 5.19 Å². The molecule has 1 aromatic heterocycles. The molecule has 0 radical (unpaired) electrons. The third-order valence-corrected chi connectivity index (χ3v) is 2.66. The smallest absolute Gasteiger partial charge is 0.299 e. The van der Waals surface area contributed by atoms with Crippen molar-refractivity contribution in [3.8, 4) is 10.9 Å². The molecule has 1 heterocycles. The van der Waals surface area contributed by atoms with Crippen LogP contribution in [-0.4, -0.2) is 10.2 Å². The number of aromatic nitrogens is 2. The highest BCUT2D eigenvalue weighted by atomic mass is 32.1. The van der Waals surface area contributed by atoms with Crippen LogP contribution in [0.2, 0.25) is 0 Å². The SMILES string of the molecule is Cc1nnc(Oc2c(C)cccc2N)s1. The minimum atomic E-state index is 0.522. The van der Waals surface area contributed by atoms with Gasteiger partial charge in [-0.05, 0) is 25.5 Å². The van der Waals surface area contributed by atoms with Crippen LogP contribution in [0.25, 0.3) is 0 Å². The normalized spacial score (nSPS) is 10.3. The molecule has 0 fully saturated rings. The summed E-state index contributed by atoms with van der Waals surface area (Å²) in [4.78, 5) is 0. The molecule has 0 atom stereocenters. The van der Waals surface area contributed by atoms with Crippen LogP contribution < -0.4 is 10.5 Å². The van der Waals surface area contributed by atoms with E-state index in [1.165, 1.54) is 11.3 Å². The molecule has 0 saturated heterocycles. The molecule has 0 aliphatic rings. The summed E-state index contributed by atoms with van der Waals surface area (Å²) in [6.07, 6.45) is 0. The Kier molecular flexibility index (Phi) is 2.55. The lowest BCUT2D eigenvalue weighted by molar-refractivity contribution is 0.472. The highest BCUT2D eigenvalue weighted by Gasteiger charge is 2.08. The van der Waals surface area contributed by atoms with Gasteiger partial charge < -0.3 is 10.5 Å². The van der Waals surface area contributed by atoms with E-state index >= 15 is 0 Å². The quantitative estimate of drug-likeness (QED) is 0.791. The number of para-hydroxylation sites is 1. The molecule has 4 nitrogen and oxygen atoms in total. The van der Waals surface area contributed by atoms with Gasteiger partial charge in [-0.25, -0.2) is 0 Å². The highest BCUT2D eigenvalue weighted by molar-refractivity contribution is 7.13. The van der Waals surface area contributed by atoms with Gasteiger partial charge in [-0.15, -0.1) is 5.10 Å². The lowest BCUT2D eigenvalue weighted by Gasteiger charge is -2.07. The number of rotatable bonds is 2. The average molecular weight is 221 g/mol. The summed E-state index contributed by atoms with van der Waals surface area (Å²) in [5, 5.41) is 9.15. The van der Waals surface area contributed by atoms with Crippen LogP contribution in [0, 0.1) is 13.8 Å². The number of nitrogen functional groups attached to an aromatic ring is 1. The first-order valence-electron chi connectivity index (χ1n) is 4.50. The first-order chi connectivity index (χ1) is 7.16. The first-order valence-corrected chi connectivity index (χ1v) is 5.31. The van der Waals surface area contributed by atoms with Gasteiger partial charge in [0.1, 0.15) is 5.01 Å². The van der Waals surface area contributed by atoms with Crippen molar-refractivity contribution in [2.24, 2.45) is 0 Å². The van der Waals surface area contributed by atoms with Crippen molar-refractivity contribution >= 4 is 17.0 Å². The summed E-state index contributed by atoms with van der Waals surface area (Å²) in [7, 11) is 0. The molecular formula is C10H11N3OS. The molecule has 5 heteroatoms. The molecule has 78 valence electrons. The van der Waals surface area contributed by atoms with Crippen LogP contribution in [-0.2, 0) is 0 Å². The molecule has 2 rings (SSSR count). The van der Waals surface area contributed by atoms with E-state index < -0.39 is 0 Å². The van der Waals surface area contributed by atoms with Gasteiger partial charge in [0.15, 0.2) is 5.75 Å². The maximum Gasteiger partial charge on any atom is 0.299 e.